The fraction of sp³-hybridized carbons (Fsp3) is 0.568. The number of anilines is 1. The van der Waals surface area contributed by atoms with Crippen molar-refractivity contribution in [1.29, 1.82) is 0 Å². The number of aliphatic hydroxyl groups excluding tert-OH is 2. The maximum absolute atomic E-state index is 13.9. The van der Waals surface area contributed by atoms with Crippen LogP contribution in [-0.2, 0) is 23.8 Å². The molecule has 326 valence electrons. The number of ether oxygens (including phenoxy) is 4. The normalized spacial score (nSPS) is 33.8. The summed E-state index contributed by atoms with van der Waals surface area (Å²) in [6.07, 6.45) is 5.39. The molecule has 9 atom stereocenters. The number of likely N-dealkylation sites (tertiary alicyclic amines) is 1. The Morgan fingerprint density at radius 2 is 1.68 bits per heavy atom. The van der Waals surface area contributed by atoms with E-state index in [1.807, 2.05) is 7.05 Å². The molecule has 2 aromatic rings. The number of phenolic OH excluding ortho intramolecular Hbond substituents is 2. The molecule has 1 unspecified atom stereocenters. The third kappa shape index (κ3) is 7.97. The predicted octanol–water partition coefficient (Wildman–Crippen LogP) is 3.76. The molecule has 0 aromatic heterocycles. The Morgan fingerprint density at radius 1 is 1.00 bits per heavy atom. The number of nitrogens with one attached hydrogen (secondary N) is 1. The van der Waals surface area contributed by atoms with Crippen LogP contribution in [0.3, 0.4) is 0 Å². The number of rotatable bonds is 2. The van der Waals surface area contributed by atoms with Gasteiger partial charge in [-0.25, -0.2) is 0 Å². The Bertz CT molecular complexity index is 2280. The summed E-state index contributed by atoms with van der Waals surface area (Å²) in [7, 11) is 3.51. The lowest BCUT2D eigenvalue weighted by molar-refractivity contribution is -0.160. The SMILES string of the molecule is CO[C@H]1/C=C/O[C@@]2(C)Oc3c(C)c(O)c4c(O)c(c5c(c4c3/C2=N/O)=NC2(CCN(C)CC2)CN=5)NC(=O)/C(C)=C\C=C\[C@H](C)[C@H](O)[C@@H](C)[C@@H](O)[C@@H](C)[C@H](OC(C)=O)C1C. The Morgan fingerprint density at radius 3 is 2.32 bits per heavy atom. The molecule has 0 saturated carbocycles. The molecule has 4 aliphatic heterocycles. The van der Waals surface area contributed by atoms with Gasteiger partial charge in [0.15, 0.2) is 11.5 Å². The fourth-order valence-electron chi connectivity index (χ4n) is 8.93. The van der Waals surface area contributed by atoms with Crippen LogP contribution in [0, 0.1) is 30.6 Å². The number of hydrogen-bond donors (Lipinski definition) is 6. The first kappa shape index (κ1) is 44.5. The highest BCUT2D eigenvalue weighted by molar-refractivity contribution is 6.21. The smallest absolute Gasteiger partial charge is 0.302 e. The molecule has 4 heterocycles. The van der Waals surface area contributed by atoms with Gasteiger partial charge in [-0.15, -0.1) is 0 Å². The average Bonchev–Trinajstić information content (AvgIpc) is 3.52. The van der Waals surface area contributed by atoms with Crippen molar-refractivity contribution in [2.45, 2.75) is 104 Å². The Labute approximate surface area is 349 Å². The van der Waals surface area contributed by atoms with E-state index in [0.717, 1.165) is 13.1 Å². The summed E-state index contributed by atoms with van der Waals surface area (Å²) in [5.41, 5.74) is -0.108. The number of piperidine rings is 1. The zero-order valence-corrected chi connectivity index (χ0v) is 36.0. The summed E-state index contributed by atoms with van der Waals surface area (Å²) in [6.45, 7) is 14.8. The average molecular weight is 834 g/mol. The number of hydrogen-bond acceptors (Lipinski definition) is 15. The minimum atomic E-state index is -1.81. The molecule has 6 N–H and O–H groups in total. The second kappa shape index (κ2) is 17.1. The van der Waals surface area contributed by atoms with Crippen LogP contribution in [0.5, 0.6) is 17.2 Å². The molecule has 1 spiro atoms. The maximum Gasteiger partial charge on any atom is 0.302 e. The first-order valence-electron chi connectivity index (χ1n) is 20.5. The molecule has 0 aliphatic carbocycles. The minimum Gasteiger partial charge on any atom is -0.507 e. The first-order valence-corrected chi connectivity index (χ1v) is 20.5. The monoisotopic (exact) mass is 833 g/mol. The highest BCUT2D eigenvalue weighted by Gasteiger charge is 2.49. The van der Waals surface area contributed by atoms with Crippen molar-refractivity contribution in [1.82, 2.24) is 4.90 Å². The lowest BCUT2D eigenvalue weighted by Gasteiger charge is -2.38. The molecule has 1 amide bonds. The van der Waals surface area contributed by atoms with Gasteiger partial charge in [0, 0.05) is 74.2 Å². The molecule has 1 saturated heterocycles. The van der Waals surface area contributed by atoms with E-state index in [9.17, 15) is 35.2 Å². The molecule has 2 aromatic carbocycles. The van der Waals surface area contributed by atoms with Gasteiger partial charge >= 0.3 is 5.97 Å². The molecular formula is C44H59N5O11. The number of carbonyl (C=O) groups is 2. The molecule has 4 aliphatic rings. The number of allylic oxidation sites excluding steroid dienone is 2. The van der Waals surface area contributed by atoms with E-state index in [2.05, 4.69) is 15.4 Å². The topological polar surface area (TPSA) is 225 Å². The van der Waals surface area contributed by atoms with E-state index in [1.165, 1.54) is 27.2 Å². The number of aromatic hydroxyl groups is 2. The second-order valence-electron chi connectivity index (χ2n) is 17.1. The number of carbonyl (C=O) groups excluding carboxylic acids is 2. The summed E-state index contributed by atoms with van der Waals surface area (Å²) < 4.78 is 24.3. The van der Waals surface area contributed by atoms with E-state index in [1.54, 1.807) is 65.8 Å². The van der Waals surface area contributed by atoms with E-state index < -0.39 is 77.0 Å². The third-order valence-corrected chi connectivity index (χ3v) is 12.9. The van der Waals surface area contributed by atoms with Crippen molar-refractivity contribution in [2.75, 3.05) is 39.1 Å². The summed E-state index contributed by atoms with van der Waals surface area (Å²) in [6, 6.07) is 0. The number of benzene rings is 2. The summed E-state index contributed by atoms with van der Waals surface area (Å²) in [4.78, 5) is 38.8. The van der Waals surface area contributed by atoms with Crippen molar-refractivity contribution in [3.63, 3.8) is 0 Å². The van der Waals surface area contributed by atoms with Crippen LogP contribution in [0.2, 0.25) is 0 Å². The summed E-state index contributed by atoms with van der Waals surface area (Å²) >= 11 is 0. The fourth-order valence-corrected chi connectivity index (χ4v) is 8.93. The van der Waals surface area contributed by atoms with Crippen molar-refractivity contribution in [2.24, 2.45) is 38.8 Å². The molecule has 1 fully saturated rings. The second-order valence-corrected chi connectivity index (χ2v) is 17.1. The van der Waals surface area contributed by atoms with Gasteiger partial charge in [-0.05, 0) is 39.8 Å². The number of oxime groups is 1. The van der Waals surface area contributed by atoms with Crippen LogP contribution in [0.4, 0.5) is 5.69 Å². The van der Waals surface area contributed by atoms with Gasteiger partial charge in [-0.1, -0.05) is 51.1 Å². The lowest BCUT2D eigenvalue weighted by Crippen LogP contribution is -2.50. The summed E-state index contributed by atoms with van der Waals surface area (Å²) in [5, 5.41) is 64.8. The van der Waals surface area contributed by atoms with Gasteiger partial charge in [0.05, 0.1) is 53.0 Å². The molecule has 16 heteroatoms. The number of fused-ring (bicyclic) bond motifs is 1. The Balaban J connectivity index is 1.59. The number of nitrogens with zero attached hydrogens (tertiary/aromatic N) is 4. The minimum absolute atomic E-state index is 0.0503. The largest absolute Gasteiger partial charge is 0.507 e. The first-order chi connectivity index (χ1) is 28.3. The Kier molecular flexibility index (Phi) is 12.7. The molecule has 16 nitrogen and oxygen atoms in total. The van der Waals surface area contributed by atoms with Gasteiger partial charge in [0.2, 0.25) is 0 Å². The van der Waals surface area contributed by atoms with Crippen LogP contribution < -0.4 is 20.8 Å². The van der Waals surface area contributed by atoms with Crippen molar-refractivity contribution in [3.8, 4) is 17.2 Å². The lowest BCUT2D eigenvalue weighted by atomic mass is 9.78. The van der Waals surface area contributed by atoms with Crippen LogP contribution in [-0.4, -0.2) is 118 Å². The van der Waals surface area contributed by atoms with Gasteiger partial charge in [0.1, 0.15) is 28.6 Å². The van der Waals surface area contributed by atoms with Gasteiger partial charge < -0.3 is 54.8 Å². The zero-order chi connectivity index (χ0) is 44.0. The van der Waals surface area contributed by atoms with E-state index in [-0.39, 0.29) is 67.6 Å². The highest BCUT2D eigenvalue weighted by atomic mass is 16.7. The summed E-state index contributed by atoms with van der Waals surface area (Å²) in [5.74, 6) is -6.00. The Hall–Kier alpha value is -5.03. The number of esters is 1. The van der Waals surface area contributed by atoms with E-state index in [4.69, 9.17) is 28.9 Å². The number of methoxy groups -OCH3 is 1. The third-order valence-electron chi connectivity index (χ3n) is 12.9. The highest BCUT2D eigenvalue weighted by Crippen LogP contribution is 2.50. The van der Waals surface area contributed by atoms with Gasteiger partial charge in [-0.3, -0.25) is 19.6 Å². The molecule has 6 rings (SSSR count). The van der Waals surface area contributed by atoms with Gasteiger partial charge in [-0.2, -0.15) is 0 Å². The van der Waals surface area contributed by atoms with Crippen LogP contribution in [0.1, 0.15) is 72.4 Å². The number of phenols is 2. The van der Waals surface area contributed by atoms with Crippen LogP contribution >= 0.6 is 0 Å². The standard InChI is InChI=1S/C44H59N5O11/c1-21-12-11-13-22(2)42(55)46-34-33-32(47-44(20-45-33)15-17-49(9)18-16-44)29-30(38(34)54)37(53)26(6)40-31(29)41(48-56)43(8,60-40)58-19-14-28(57-10)23(3)39(59-27(7)50)25(5)36(52)24(4)35(21)51/h11-14,19,21,23-25,28,35-36,39,51-54,56H,15-18,20H2,1-10H3,(H,46,55)/b12-11+,19-14+,22-13-,48-41-/t21-,23?,24+,25+,28-,35-,36+,39+,43-/m0/s1. The number of aliphatic hydroxyl groups is 2. The molecule has 60 heavy (non-hydrogen) atoms. The van der Waals surface area contributed by atoms with Crippen LogP contribution in [0.15, 0.2) is 51.3 Å². The van der Waals surface area contributed by atoms with Crippen molar-refractivity contribution in [3.05, 3.63) is 58.0 Å². The zero-order valence-electron chi connectivity index (χ0n) is 36.0. The molecular weight excluding hydrogens is 775 g/mol. The van der Waals surface area contributed by atoms with Gasteiger partial charge in [0.25, 0.3) is 11.7 Å². The van der Waals surface area contributed by atoms with Crippen molar-refractivity contribution >= 4 is 34.0 Å². The predicted molar refractivity (Wildman–Crippen MR) is 223 cm³/mol. The number of amides is 1. The molecule has 0 radical (unpaired) electrons. The van der Waals surface area contributed by atoms with Crippen LogP contribution in [0.25, 0.3) is 10.8 Å². The van der Waals surface area contributed by atoms with Crippen molar-refractivity contribution < 1.29 is 54.2 Å². The molecule has 4 bridgehead atoms. The maximum atomic E-state index is 13.9. The van der Waals surface area contributed by atoms with E-state index in [0.29, 0.717) is 12.8 Å². The van der Waals surface area contributed by atoms with E-state index >= 15 is 0 Å². The quantitative estimate of drug-likeness (QED) is 0.110.